The van der Waals surface area contributed by atoms with E-state index in [-0.39, 0.29) is 18.2 Å². The van der Waals surface area contributed by atoms with E-state index in [0.717, 1.165) is 5.56 Å². The molecule has 2 aromatic heterocycles. The summed E-state index contributed by atoms with van der Waals surface area (Å²) < 4.78 is 1.16. The van der Waals surface area contributed by atoms with Crippen molar-refractivity contribution in [3.05, 3.63) is 56.0 Å². The molecule has 0 radical (unpaired) electrons. The van der Waals surface area contributed by atoms with Gasteiger partial charge in [-0.15, -0.1) is 22.7 Å². The van der Waals surface area contributed by atoms with Crippen molar-refractivity contribution >= 4 is 62.8 Å². The number of thiazole rings is 1. The van der Waals surface area contributed by atoms with Gasteiger partial charge in [-0.25, -0.2) is 4.98 Å². The molecule has 0 saturated carbocycles. The van der Waals surface area contributed by atoms with Gasteiger partial charge in [-0.1, -0.05) is 41.4 Å². The zero-order chi connectivity index (χ0) is 19.2. The maximum Gasteiger partial charge on any atom is 0.251 e. The summed E-state index contributed by atoms with van der Waals surface area (Å²) in [4.78, 5) is 28.3. The van der Waals surface area contributed by atoms with Crippen LogP contribution < -0.4 is 10.6 Å². The highest BCUT2D eigenvalue weighted by Gasteiger charge is 2.13. The number of nitrogens with zero attached hydrogens (tertiary/aromatic N) is 1. The number of carbonyl (C=O) groups excluding carboxylic acids is 2. The number of carbonyl (C=O) groups is 2. The number of hydrogen-bond acceptors (Lipinski definition) is 5. The molecule has 5 nitrogen and oxygen atoms in total. The fraction of sp³-hybridized carbons (Fsp3) is 0.167. The Morgan fingerprint density at radius 3 is 2.63 bits per heavy atom. The molecule has 1 aromatic carbocycles. The van der Waals surface area contributed by atoms with Gasteiger partial charge in [0.05, 0.1) is 10.0 Å². The second-order valence-corrected chi connectivity index (χ2v) is 8.69. The van der Waals surface area contributed by atoms with Crippen molar-refractivity contribution in [2.75, 3.05) is 11.9 Å². The molecule has 3 rings (SSSR count). The molecule has 140 valence electrons. The maximum atomic E-state index is 12.0. The van der Waals surface area contributed by atoms with Gasteiger partial charge >= 0.3 is 0 Å². The summed E-state index contributed by atoms with van der Waals surface area (Å²) in [6, 6.07) is 10.7. The molecule has 0 saturated heterocycles. The van der Waals surface area contributed by atoms with E-state index in [0.29, 0.717) is 38.0 Å². The van der Waals surface area contributed by atoms with Crippen molar-refractivity contribution in [2.45, 2.75) is 12.8 Å². The van der Waals surface area contributed by atoms with Crippen LogP contribution in [0.15, 0.2) is 41.8 Å². The standard InChI is InChI=1S/C18H15Cl2N3O2S2/c19-14-9-12(16(20)27-14)13-10-26-18(22-13)23-15(24)7-4-8-21-17(25)11-5-2-1-3-6-11/h1-3,5-6,9-10H,4,7-8H2,(H,21,25)(H,22,23,24). The topological polar surface area (TPSA) is 71.1 Å². The Morgan fingerprint density at radius 1 is 1.15 bits per heavy atom. The predicted molar refractivity (Wildman–Crippen MR) is 112 cm³/mol. The monoisotopic (exact) mass is 439 g/mol. The number of thiophene rings is 1. The number of halogens is 2. The van der Waals surface area contributed by atoms with Crippen molar-refractivity contribution in [3.63, 3.8) is 0 Å². The van der Waals surface area contributed by atoms with Gasteiger partial charge in [0.1, 0.15) is 4.34 Å². The zero-order valence-corrected chi connectivity index (χ0v) is 17.1. The molecule has 0 aliphatic heterocycles. The smallest absolute Gasteiger partial charge is 0.251 e. The van der Waals surface area contributed by atoms with E-state index in [1.54, 1.807) is 18.2 Å². The average molecular weight is 440 g/mol. The molecule has 0 atom stereocenters. The van der Waals surface area contributed by atoms with E-state index in [1.165, 1.54) is 22.7 Å². The van der Waals surface area contributed by atoms with Gasteiger partial charge in [-0.2, -0.15) is 0 Å². The number of aromatic nitrogens is 1. The number of rotatable bonds is 7. The number of hydrogen-bond donors (Lipinski definition) is 2. The molecule has 0 aliphatic rings. The van der Waals surface area contributed by atoms with Crippen LogP contribution in [0.2, 0.25) is 8.67 Å². The van der Waals surface area contributed by atoms with Gasteiger partial charge in [0.25, 0.3) is 5.91 Å². The number of anilines is 1. The second-order valence-electron chi connectivity index (χ2n) is 5.55. The zero-order valence-electron chi connectivity index (χ0n) is 14.0. The molecule has 2 amide bonds. The number of benzene rings is 1. The number of amides is 2. The van der Waals surface area contributed by atoms with Gasteiger partial charge in [-0.05, 0) is 24.6 Å². The van der Waals surface area contributed by atoms with E-state index in [2.05, 4.69) is 15.6 Å². The predicted octanol–water partition coefficient (Wildman–Crippen LogP) is 5.33. The van der Waals surface area contributed by atoms with Crippen molar-refractivity contribution in [1.82, 2.24) is 10.3 Å². The van der Waals surface area contributed by atoms with Crippen LogP contribution in [0.5, 0.6) is 0 Å². The SMILES string of the molecule is O=C(CCCNC(=O)c1ccccc1)Nc1nc(-c2cc(Cl)sc2Cl)cs1. The van der Waals surface area contributed by atoms with Crippen LogP contribution in [0.4, 0.5) is 5.13 Å². The van der Waals surface area contributed by atoms with Gasteiger partial charge in [0, 0.05) is 29.5 Å². The summed E-state index contributed by atoms with van der Waals surface area (Å²) in [5, 5.41) is 7.88. The quantitative estimate of drug-likeness (QED) is 0.488. The molecule has 2 heterocycles. The van der Waals surface area contributed by atoms with E-state index >= 15 is 0 Å². The summed E-state index contributed by atoms with van der Waals surface area (Å²) in [5.74, 6) is -0.300. The van der Waals surface area contributed by atoms with Gasteiger partial charge < -0.3 is 10.6 Å². The van der Waals surface area contributed by atoms with Gasteiger partial charge in [0.15, 0.2) is 5.13 Å². The summed E-state index contributed by atoms with van der Waals surface area (Å²) in [6.45, 7) is 0.424. The van der Waals surface area contributed by atoms with Crippen molar-refractivity contribution < 1.29 is 9.59 Å². The normalized spacial score (nSPS) is 10.6. The Kier molecular flexibility index (Phi) is 6.84. The molecule has 0 spiro atoms. The third-order valence-corrected chi connectivity index (χ3v) is 5.83. The van der Waals surface area contributed by atoms with E-state index < -0.39 is 0 Å². The Labute approximate surface area is 174 Å². The first-order chi connectivity index (χ1) is 13.0. The van der Waals surface area contributed by atoms with Gasteiger partial charge in [-0.3, -0.25) is 9.59 Å². The molecule has 0 bridgehead atoms. The average Bonchev–Trinajstić information content (AvgIpc) is 3.24. The highest BCUT2D eigenvalue weighted by Crippen LogP contribution is 2.38. The van der Waals surface area contributed by atoms with Crippen molar-refractivity contribution in [1.29, 1.82) is 0 Å². The Balaban J connectivity index is 1.43. The molecule has 2 N–H and O–H groups in total. The molecule has 3 aromatic rings. The van der Waals surface area contributed by atoms with Crippen LogP contribution in [0.25, 0.3) is 11.3 Å². The highest BCUT2D eigenvalue weighted by atomic mass is 35.5. The lowest BCUT2D eigenvalue weighted by Crippen LogP contribution is -2.25. The molecule has 27 heavy (non-hydrogen) atoms. The highest BCUT2D eigenvalue weighted by molar-refractivity contribution is 7.20. The minimum atomic E-state index is -0.153. The summed E-state index contributed by atoms with van der Waals surface area (Å²) >= 11 is 14.7. The van der Waals surface area contributed by atoms with Crippen LogP contribution in [-0.4, -0.2) is 23.3 Å². The van der Waals surface area contributed by atoms with E-state index in [4.69, 9.17) is 23.2 Å². The summed E-state index contributed by atoms with van der Waals surface area (Å²) in [5.41, 5.74) is 2.04. The van der Waals surface area contributed by atoms with Crippen LogP contribution in [-0.2, 0) is 4.79 Å². The lowest BCUT2D eigenvalue weighted by atomic mass is 10.2. The first-order valence-electron chi connectivity index (χ1n) is 8.07. The molecular formula is C18H15Cl2N3O2S2. The Morgan fingerprint density at radius 2 is 1.93 bits per heavy atom. The largest absolute Gasteiger partial charge is 0.352 e. The van der Waals surface area contributed by atoms with Crippen LogP contribution in [0, 0.1) is 0 Å². The van der Waals surface area contributed by atoms with Crippen molar-refractivity contribution in [3.8, 4) is 11.3 Å². The van der Waals surface area contributed by atoms with Crippen LogP contribution >= 0.6 is 45.9 Å². The third-order valence-electron chi connectivity index (χ3n) is 3.59. The first kappa shape index (κ1) is 19.8. The third kappa shape index (κ3) is 5.52. The fourth-order valence-corrected chi connectivity index (χ4v) is 4.50. The summed E-state index contributed by atoms with van der Waals surface area (Å²) in [6.07, 6.45) is 0.823. The van der Waals surface area contributed by atoms with E-state index in [1.807, 2.05) is 23.6 Å². The van der Waals surface area contributed by atoms with Crippen LogP contribution in [0.3, 0.4) is 0 Å². The second kappa shape index (κ2) is 9.32. The lowest BCUT2D eigenvalue weighted by Gasteiger charge is -2.05. The summed E-state index contributed by atoms with van der Waals surface area (Å²) in [7, 11) is 0. The lowest BCUT2D eigenvalue weighted by molar-refractivity contribution is -0.116. The molecule has 0 fully saturated rings. The Bertz CT molecular complexity index is 941. The van der Waals surface area contributed by atoms with Gasteiger partial charge in [0.2, 0.25) is 5.91 Å². The number of nitrogens with one attached hydrogen (secondary N) is 2. The molecule has 9 heteroatoms. The maximum absolute atomic E-state index is 12.0. The Hall–Kier alpha value is -1.93. The van der Waals surface area contributed by atoms with Crippen LogP contribution in [0.1, 0.15) is 23.2 Å². The molecule has 0 aliphatic carbocycles. The fourth-order valence-electron chi connectivity index (χ4n) is 2.29. The molecule has 0 unspecified atom stereocenters. The first-order valence-corrected chi connectivity index (χ1v) is 10.5. The minimum Gasteiger partial charge on any atom is -0.352 e. The molecular weight excluding hydrogens is 425 g/mol. The minimum absolute atomic E-state index is 0.146. The van der Waals surface area contributed by atoms with Crippen molar-refractivity contribution in [2.24, 2.45) is 0 Å². The van der Waals surface area contributed by atoms with E-state index in [9.17, 15) is 9.59 Å².